The molecule has 0 radical (unpaired) electrons. The molecule has 36 heavy (non-hydrogen) atoms. The van der Waals surface area contributed by atoms with E-state index in [9.17, 15) is 27.5 Å². The molecule has 9 heteroatoms. The number of aliphatic hydroxyl groups is 1. The van der Waals surface area contributed by atoms with Gasteiger partial charge in [-0.1, -0.05) is 61.9 Å². The number of likely N-dealkylation sites (tertiary alicyclic amines) is 1. The van der Waals surface area contributed by atoms with E-state index in [0.717, 1.165) is 16.0 Å². The smallest absolute Gasteiger partial charge is 0.388 e. The molecular weight excluding hydrogens is 476 g/mol. The van der Waals surface area contributed by atoms with Gasteiger partial charge < -0.3 is 14.7 Å². The number of aliphatic hydroxyl groups excluding tert-OH is 1. The summed E-state index contributed by atoms with van der Waals surface area (Å²) in [5, 5.41) is 12.8. The molecule has 1 amide bonds. The van der Waals surface area contributed by atoms with E-state index in [-0.39, 0.29) is 31.1 Å². The fourth-order valence-electron chi connectivity index (χ4n) is 5.12. The molecule has 196 valence electrons. The minimum atomic E-state index is -4.69. The third kappa shape index (κ3) is 5.58. The summed E-state index contributed by atoms with van der Waals surface area (Å²) < 4.78 is 62.9. The van der Waals surface area contributed by atoms with Gasteiger partial charge in [-0.3, -0.25) is 10.1 Å². The van der Waals surface area contributed by atoms with Gasteiger partial charge in [-0.2, -0.15) is 13.2 Å². The third-order valence-corrected chi connectivity index (χ3v) is 6.87. The number of carbonyl (C=O) groups excluding carboxylic acids is 1. The van der Waals surface area contributed by atoms with E-state index >= 15 is 0 Å². The van der Waals surface area contributed by atoms with Gasteiger partial charge in [-0.15, -0.1) is 0 Å². The minimum Gasteiger partial charge on any atom is -0.388 e. The number of hydrogen-bond acceptors (Lipinski definition) is 4. The standard InChI is InChI=1S/C27H32F4N2O3/c1-15(2)11-21(26(35)33-13-20(28)24-23(33)22(34)14-36-24)32-25(27(29,30)31)19-6-4-5-18(12-19)17-9-7-16(3)8-10-17/h4-10,12,15,20-25,32,34H,11,13-14H2,1-3H3/t20-,21-,22-,23+,24+,25-/m0/s1. The van der Waals surface area contributed by atoms with Crippen molar-refractivity contribution >= 4 is 5.91 Å². The molecule has 0 aliphatic carbocycles. The zero-order valence-electron chi connectivity index (χ0n) is 20.5. The van der Waals surface area contributed by atoms with Crippen LogP contribution in [-0.2, 0) is 9.53 Å². The first-order chi connectivity index (χ1) is 17.0. The zero-order valence-corrected chi connectivity index (χ0v) is 20.5. The maximum atomic E-state index is 14.5. The largest absolute Gasteiger partial charge is 0.407 e. The van der Waals surface area contributed by atoms with Crippen LogP contribution in [0.15, 0.2) is 48.5 Å². The van der Waals surface area contributed by atoms with Crippen molar-refractivity contribution in [1.82, 2.24) is 10.2 Å². The summed E-state index contributed by atoms with van der Waals surface area (Å²) in [6.07, 6.45) is -8.11. The summed E-state index contributed by atoms with van der Waals surface area (Å²) in [6, 6.07) is 9.41. The van der Waals surface area contributed by atoms with Crippen LogP contribution >= 0.6 is 0 Å². The number of fused-ring (bicyclic) bond motifs is 1. The van der Waals surface area contributed by atoms with E-state index in [1.807, 2.05) is 31.2 Å². The number of nitrogens with one attached hydrogen (secondary N) is 1. The zero-order chi connectivity index (χ0) is 26.2. The van der Waals surface area contributed by atoms with Gasteiger partial charge in [0.05, 0.1) is 25.2 Å². The van der Waals surface area contributed by atoms with Gasteiger partial charge in [0.1, 0.15) is 24.4 Å². The van der Waals surface area contributed by atoms with Gasteiger partial charge in [0, 0.05) is 0 Å². The topological polar surface area (TPSA) is 61.8 Å². The van der Waals surface area contributed by atoms with Gasteiger partial charge in [0.15, 0.2) is 0 Å². The van der Waals surface area contributed by atoms with E-state index in [1.165, 1.54) is 12.1 Å². The van der Waals surface area contributed by atoms with Crippen LogP contribution in [0.5, 0.6) is 0 Å². The number of nitrogens with zero attached hydrogens (tertiary/aromatic N) is 1. The summed E-state index contributed by atoms with van der Waals surface area (Å²) >= 11 is 0. The SMILES string of the molecule is Cc1ccc(-c2cccc([C@H](N[C@@H](CC(C)C)C(=O)N3C[C@H](F)[C@H]4OC[C@H](O)[C@H]43)C(F)(F)F)c2)cc1. The monoisotopic (exact) mass is 508 g/mol. The fraction of sp³-hybridized carbons (Fsp3) is 0.519. The highest BCUT2D eigenvalue weighted by Gasteiger charge is 2.54. The number of halogens is 4. The van der Waals surface area contributed by atoms with Crippen molar-refractivity contribution in [1.29, 1.82) is 0 Å². The second-order valence-corrected chi connectivity index (χ2v) is 10.2. The lowest BCUT2D eigenvalue weighted by Crippen LogP contribution is -2.54. The Kier molecular flexibility index (Phi) is 7.73. The molecule has 4 rings (SSSR count). The van der Waals surface area contributed by atoms with Gasteiger partial charge in [-0.25, -0.2) is 4.39 Å². The highest BCUT2D eigenvalue weighted by atomic mass is 19.4. The Morgan fingerprint density at radius 1 is 1.17 bits per heavy atom. The number of alkyl halides is 4. The molecule has 2 aromatic rings. The Morgan fingerprint density at radius 2 is 1.86 bits per heavy atom. The van der Waals surface area contributed by atoms with E-state index in [1.54, 1.807) is 26.0 Å². The molecule has 0 bridgehead atoms. The number of aryl methyl sites for hydroxylation is 1. The lowest BCUT2D eigenvalue weighted by Gasteiger charge is -2.33. The Labute approximate surface area is 208 Å². The number of amides is 1. The Bertz CT molecular complexity index is 1060. The summed E-state index contributed by atoms with van der Waals surface area (Å²) in [7, 11) is 0. The molecule has 0 spiro atoms. The first-order valence-corrected chi connectivity index (χ1v) is 12.2. The fourth-order valence-corrected chi connectivity index (χ4v) is 5.12. The molecule has 0 unspecified atom stereocenters. The van der Waals surface area contributed by atoms with Crippen LogP contribution in [0.3, 0.4) is 0 Å². The number of benzene rings is 2. The Hall–Kier alpha value is -2.49. The summed E-state index contributed by atoms with van der Waals surface area (Å²) in [5.41, 5.74) is 2.43. The molecular formula is C27H32F4N2O3. The molecule has 5 nitrogen and oxygen atoms in total. The van der Waals surface area contributed by atoms with Crippen LogP contribution < -0.4 is 5.32 Å². The van der Waals surface area contributed by atoms with E-state index in [4.69, 9.17) is 4.74 Å². The van der Waals surface area contributed by atoms with Crippen molar-refractivity contribution in [3.63, 3.8) is 0 Å². The number of rotatable bonds is 7. The van der Waals surface area contributed by atoms with E-state index in [2.05, 4.69) is 5.32 Å². The highest BCUT2D eigenvalue weighted by Crippen LogP contribution is 2.37. The van der Waals surface area contributed by atoms with Crippen LogP contribution in [0.2, 0.25) is 0 Å². The molecule has 2 aliphatic heterocycles. The van der Waals surface area contributed by atoms with Crippen LogP contribution in [-0.4, -0.2) is 65.7 Å². The maximum Gasteiger partial charge on any atom is 0.407 e. The molecule has 2 N–H and O–H groups in total. The van der Waals surface area contributed by atoms with Gasteiger partial charge in [0.25, 0.3) is 0 Å². The van der Waals surface area contributed by atoms with E-state index < -0.39 is 48.6 Å². The van der Waals surface area contributed by atoms with Crippen molar-refractivity contribution in [3.05, 3.63) is 59.7 Å². The van der Waals surface area contributed by atoms with Gasteiger partial charge in [0.2, 0.25) is 5.91 Å². The first kappa shape index (κ1) is 26.6. The summed E-state index contributed by atoms with van der Waals surface area (Å²) in [6.45, 7) is 5.11. The quantitative estimate of drug-likeness (QED) is 0.538. The lowest BCUT2D eigenvalue weighted by molar-refractivity contribution is -0.163. The average molecular weight is 509 g/mol. The number of ether oxygens (including phenoxy) is 1. The molecule has 2 fully saturated rings. The highest BCUT2D eigenvalue weighted by molar-refractivity contribution is 5.83. The van der Waals surface area contributed by atoms with Crippen molar-refractivity contribution in [3.8, 4) is 11.1 Å². The molecule has 0 aromatic heterocycles. The molecule has 2 heterocycles. The number of hydrogen-bond donors (Lipinski definition) is 2. The molecule has 6 atom stereocenters. The third-order valence-electron chi connectivity index (χ3n) is 6.87. The Balaban J connectivity index is 1.63. The van der Waals surface area contributed by atoms with Crippen molar-refractivity contribution in [2.75, 3.05) is 13.2 Å². The Morgan fingerprint density at radius 3 is 2.50 bits per heavy atom. The second kappa shape index (κ2) is 10.5. The normalized spacial score (nSPS) is 25.8. The lowest BCUT2D eigenvalue weighted by atomic mass is 9.96. The second-order valence-electron chi connectivity index (χ2n) is 10.2. The van der Waals surface area contributed by atoms with Crippen LogP contribution in [0.25, 0.3) is 11.1 Å². The van der Waals surface area contributed by atoms with Crippen molar-refractivity contribution in [2.45, 2.75) is 69.9 Å². The average Bonchev–Trinajstić information content (AvgIpc) is 3.36. The number of carbonyl (C=O) groups is 1. The van der Waals surface area contributed by atoms with Gasteiger partial charge in [-0.05, 0) is 42.0 Å². The van der Waals surface area contributed by atoms with Crippen LogP contribution in [0, 0.1) is 12.8 Å². The predicted octanol–water partition coefficient (Wildman–Crippen LogP) is 4.58. The summed E-state index contributed by atoms with van der Waals surface area (Å²) in [4.78, 5) is 14.6. The van der Waals surface area contributed by atoms with Crippen molar-refractivity contribution < 1.29 is 32.2 Å². The molecule has 2 aromatic carbocycles. The van der Waals surface area contributed by atoms with Crippen LogP contribution in [0.4, 0.5) is 17.6 Å². The van der Waals surface area contributed by atoms with E-state index in [0.29, 0.717) is 5.56 Å². The van der Waals surface area contributed by atoms with Crippen LogP contribution in [0.1, 0.15) is 37.4 Å². The van der Waals surface area contributed by atoms with Gasteiger partial charge >= 0.3 is 6.18 Å². The molecule has 2 aliphatic rings. The van der Waals surface area contributed by atoms with Crippen molar-refractivity contribution in [2.24, 2.45) is 5.92 Å². The predicted molar refractivity (Wildman–Crippen MR) is 128 cm³/mol. The maximum absolute atomic E-state index is 14.5. The first-order valence-electron chi connectivity index (χ1n) is 12.2. The summed E-state index contributed by atoms with van der Waals surface area (Å²) in [5.74, 6) is -0.768. The minimum absolute atomic E-state index is 0.0194. The molecule has 2 saturated heterocycles. The molecule has 0 saturated carbocycles.